The minimum Gasteiger partial charge on any atom is -0.311 e. The zero-order valence-corrected chi connectivity index (χ0v) is 9.50. The second kappa shape index (κ2) is 7.69. The Labute approximate surface area is 81.0 Å². The van der Waals surface area contributed by atoms with Gasteiger partial charge in [-0.05, 0) is 38.8 Å². The number of nitrogens with one attached hydrogen (secondary N) is 1. The molecule has 0 amide bonds. The summed E-state index contributed by atoms with van der Waals surface area (Å²) in [6.45, 7) is 7.53. The molecule has 1 atom stereocenters. The Balaban J connectivity index is 3.78. The molecule has 0 aliphatic carbocycles. The van der Waals surface area contributed by atoms with Gasteiger partial charge in [0.05, 0.1) is 0 Å². The molecule has 72 valence electrons. The third kappa shape index (κ3) is 6.74. The summed E-state index contributed by atoms with van der Waals surface area (Å²) in [5.74, 6) is 1.24. The quantitative estimate of drug-likeness (QED) is 0.642. The topological polar surface area (TPSA) is 12.0 Å². The molecule has 12 heavy (non-hydrogen) atoms. The highest BCUT2D eigenvalue weighted by molar-refractivity contribution is 7.98. The van der Waals surface area contributed by atoms with E-state index in [0.29, 0.717) is 6.04 Å². The zero-order valence-electron chi connectivity index (χ0n) is 8.68. The monoisotopic (exact) mass is 187 g/mol. The average molecular weight is 187 g/mol. The van der Waals surface area contributed by atoms with E-state index >= 15 is 0 Å². The fraction of sp³-hybridized carbons (Fsp3) is 0.800. The van der Waals surface area contributed by atoms with E-state index in [2.05, 4.69) is 38.4 Å². The van der Waals surface area contributed by atoms with E-state index in [-0.39, 0.29) is 0 Å². The van der Waals surface area contributed by atoms with Gasteiger partial charge < -0.3 is 5.32 Å². The maximum absolute atomic E-state index is 3.46. The lowest BCUT2D eigenvalue weighted by Crippen LogP contribution is -2.27. The van der Waals surface area contributed by atoms with Gasteiger partial charge in [0.25, 0.3) is 0 Å². The summed E-state index contributed by atoms with van der Waals surface area (Å²) in [7, 11) is 0. The molecular weight excluding hydrogens is 166 g/mol. The summed E-state index contributed by atoms with van der Waals surface area (Å²) in [4.78, 5) is 0. The molecule has 0 saturated carbocycles. The SMILES string of the molecule is CCNC(C=C(C)C)CCSC. The molecule has 1 unspecified atom stereocenters. The van der Waals surface area contributed by atoms with E-state index in [1.165, 1.54) is 17.7 Å². The Bertz CT molecular complexity index is 128. The number of likely N-dealkylation sites (N-methyl/N-ethyl adjacent to an activating group) is 1. The lowest BCUT2D eigenvalue weighted by molar-refractivity contribution is 0.600. The fourth-order valence-corrected chi connectivity index (χ4v) is 1.64. The molecule has 2 heteroatoms. The van der Waals surface area contributed by atoms with Gasteiger partial charge in [0.1, 0.15) is 0 Å². The minimum atomic E-state index is 0.576. The normalized spacial score (nSPS) is 12.7. The van der Waals surface area contributed by atoms with E-state index in [4.69, 9.17) is 0 Å². The Hall–Kier alpha value is 0.0500. The van der Waals surface area contributed by atoms with E-state index in [9.17, 15) is 0 Å². The van der Waals surface area contributed by atoms with Gasteiger partial charge in [0, 0.05) is 6.04 Å². The van der Waals surface area contributed by atoms with Gasteiger partial charge in [-0.25, -0.2) is 0 Å². The Morgan fingerprint density at radius 2 is 2.17 bits per heavy atom. The molecule has 1 N–H and O–H groups in total. The van der Waals surface area contributed by atoms with Crippen LogP contribution in [0, 0.1) is 0 Å². The predicted octanol–water partition coefficient (Wildman–Crippen LogP) is 2.68. The molecule has 1 nitrogen and oxygen atoms in total. The van der Waals surface area contributed by atoms with Crippen LogP contribution in [0.2, 0.25) is 0 Å². The molecule has 0 saturated heterocycles. The summed E-state index contributed by atoms with van der Waals surface area (Å²) in [6.07, 6.45) is 5.71. The van der Waals surface area contributed by atoms with Crippen LogP contribution in [0.5, 0.6) is 0 Å². The van der Waals surface area contributed by atoms with E-state index < -0.39 is 0 Å². The van der Waals surface area contributed by atoms with Crippen LogP contribution in [0.1, 0.15) is 27.2 Å². The third-order valence-corrected chi connectivity index (χ3v) is 2.28. The highest BCUT2D eigenvalue weighted by atomic mass is 32.2. The summed E-state index contributed by atoms with van der Waals surface area (Å²) >= 11 is 1.91. The molecular formula is C10H21NS. The van der Waals surface area contributed by atoms with Crippen molar-refractivity contribution >= 4 is 11.8 Å². The average Bonchev–Trinajstić information content (AvgIpc) is 2.00. The van der Waals surface area contributed by atoms with Crippen molar-refractivity contribution in [1.29, 1.82) is 0 Å². The molecule has 0 aromatic carbocycles. The Kier molecular flexibility index (Phi) is 7.72. The zero-order chi connectivity index (χ0) is 9.40. The molecule has 0 radical (unpaired) electrons. The Morgan fingerprint density at radius 3 is 2.58 bits per heavy atom. The second-order valence-electron chi connectivity index (χ2n) is 3.19. The summed E-state index contributed by atoms with van der Waals surface area (Å²) in [5, 5.41) is 3.46. The van der Waals surface area contributed by atoms with Crippen molar-refractivity contribution in [2.75, 3.05) is 18.6 Å². The smallest absolute Gasteiger partial charge is 0.0260 e. The number of hydrogen-bond donors (Lipinski definition) is 1. The summed E-state index contributed by atoms with van der Waals surface area (Å²) < 4.78 is 0. The van der Waals surface area contributed by atoms with Crippen LogP contribution >= 0.6 is 11.8 Å². The molecule has 0 bridgehead atoms. The van der Waals surface area contributed by atoms with E-state index in [1.807, 2.05) is 11.8 Å². The fourth-order valence-electron chi connectivity index (χ4n) is 1.15. The van der Waals surface area contributed by atoms with Gasteiger partial charge in [-0.15, -0.1) is 0 Å². The molecule has 0 spiro atoms. The van der Waals surface area contributed by atoms with Crippen molar-refractivity contribution in [1.82, 2.24) is 5.32 Å². The van der Waals surface area contributed by atoms with Crippen LogP contribution in [-0.4, -0.2) is 24.6 Å². The van der Waals surface area contributed by atoms with Gasteiger partial charge in [-0.1, -0.05) is 18.6 Å². The van der Waals surface area contributed by atoms with Crippen molar-refractivity contribution < 1.29 is 0 Å². The standard InChI is InChI=1S/C10H21NS/c1-5-11-10(6-7-12-4)8-9(2)3/h8,10-11H,5-7H2,1-4H3. The molecule has 0 rings (SSSR count). The van der Waals surface area contributed by atoms with Crippen molar-refractivity contribution in [2.24, 2.45) is 0 Å². The Morgan fingerprint density at radius 1 is 1.50 bits per heavy atom. The third-order valence-electron chi connectivity index (χ3n) is 1.63. The van der Waals surface area contributed by atoms with Crippen molar-refractivity contribution in [3.63, 3.8) is 0 Å². The van der Waals surface area contributed by atoms with Crippen LogP contribution in [0.25, 0.3) is 0 Å². The molecule has 0 aromatic heterocycles. The van der Waals surface area contributed by atoms with Crippen molar-refractivity contribution in [3.8, 4) is 0 Å². The van der Waals surface area contributed by atoms with E-state index in [1.54, 1.807) is 0 Å². The molecule has 0 heterocycles. The molecule has 0 aliphatic rings. The predicted molar refractivity (Wildman–Crippen MR) is 59.9 cm³/mol. The first-order chi connectivity index (χ1) is 5.70. The van der Waals surface area contributed by atoms with Crippen molar-refractivity contribution in [2.45, 2.75) is 33.2 Å². The maximum Gasteiger partial charge on any atom is 0.0260 e. The van der Waals surface area contributed by atoms with Crippen LogP contribution in [0.3, 0.4) is 0 Å². The van der Waals surface area contributed by atoms with Gasteiger partial charge in [0.15, 0.2) is 0 Å². The first-order valence-electron chi connectivity index (χ1n) is 4.58. The highest BCUT2D eigenvalue weighted by Gasteiger charge is 2.01. The van der Waals surface area contributed by atoms with Crippen LogP contribution in [0.4, 0.5) is 0 Å². The van der Waals surface area contributed by atoms with Gasteiger partial charge in [0.2, 0.25) is 0 Å². The van der Waals surface area contributed by atoms with Gasteiger partial charge >= 0.3 is 0 Å². The number of thioether (sulfide) groups is 1. The molecule has 0 fully saturated rings. The highest BCUT2D eigenvalue weighted by Crippen LogP contribution is 2.04. The second-order valence-corrected chi connectivity index (χ2v) is 4.18. The minimum absolute atomic E-state index is 0.576. The maximum atomic E-state index is 3.46. The molecule has 0 aromatic rings. The summed E-state index contributed by atoms with van der Waals surface area (Å²) in [5.41, 5.74) is 1.40. The van der Waals surface area contributed by atoms with Crippen LogP contribution < -0.4 is 5.32 Å². The lowest BCUT2D eigenvalue weighted by atomic mass is 10.1. The number of allylic oxidation sites excluding steroid dienone is 1. The first-order valence-corrected chi connectivity index (χ1v) is 5.97. The van der Waals surface area contributed by atoms with Gasteiger partial charge in [-0.3, -0.25) is 0 Å². The van der Waals surface area contributed by atoms with Crippen molar-refractivity contribution in [3.05, 3.63) is 11.6 Å². The van der Waals surface area contributed by atoms with Gasteiger partial charge in [-0.2, -0.15) is 11.8 Å². The molecule has 0 aliphatic heterocycles. The summed E-state index contributed by atoms with van der Waals surface area (Å²) in [6, 6.07) is 0.576. The van der Waals surface area contributed by atoms with Crippen LogP contribution in [-0.2, 0) is 0 Å². The van der Waals surface area contributed by atoms with E-state index in [0.717, 1.165) is 6.54 Å². The van der Waals surface area contributed by atoms with Crippen LogP contribution in [0.15, 0.2) is 11.6 Å². The first kappa shape index (κ1) is 12.0. The number of rotatable bonds is 6. The largest absolute Gasteiger partial charge is 0.311 e. The lowest BCUT2D eigenvalue weighted by Gasteiger charge is -2.13. The number of hydrogen-bond acceptors (Lipinski definition) is 2.